The standard InChI is InChI=1S/C72H43N7/c73-44-46-11-9-13-53(39-46)65-43-64(75-72(76-65)54-14-10-12-47(40-54)45-74)52-29-27-50(28-30-52)48-23-25-49(26-24-48)51-31-33-55(34-32-51)77-70-37-35-56(78-66-19-5-1-15-58(66)59-16-2-6-20-67(59)78)41-62(70)63-42-57(36-38-71(63)77)79-68-21-7-3-17-60(68)61-18-4-8-22-69(61)79/h1-43H. The van der Waals surface area contributed by atoms with Crippen molar-refractivity contribution in [3.05, 3.63) is 272 Å². The Kier molecular flexibility index (Phi) is 10.5. The largest absolute Gasteiger partial charge is 0.309 e. The molecule has 0 N–H and O–H groups in total. The minimum atomic E-state index is 0.505. The monoisotopic (exact) mass is 1010 g/mol. The Bertz CT molecular complexity index is 4670. The van der Waals surface area contributed by atoms with Crippen molar-refractivity contribution in [2.75, 3.05) is 0 Å². The van der Waals surface area contributed by atoms with Gasteiger partial charge >= 0.3 is 0 Å². The molecule has 0 aliphatic heterocycles. The van der Waals surface area contributed by atoms with Crippen molar-refractivity contribution in [2.24, 2.45) is 0 Å². The molecule has 0 atom stereocenters. The summed E-state index contributed by atoms with van der Waals surface area (Å²) in [4.78, 5) is 9.90. The number of hydrogen-bond donors (Lipinski definition) is 0. The van der Waals surface area contributed by atoms with Crippen molar-refractivity contribution in [3.63, 3.8) is 0 Å². The van der Waals surface area contributed by atoms with E-state index in [1.807, 2.05) is 36.4 Å². The lowest BCUT2D eigenvalue weighted by Gasteiger charge is -2.12. The van der Waals surface area contributed by atoms with Crippen LogP contribution in [-0.4, -0.2) is 23.7 Å². The number of rotatable bonds is 8. The molecule has 7 nitrogen and oxygen atoms in total. The molecule has 0 unspecified atom stereocenters. The fourth-order valence-corrected chi connectivity index (χ4v) is 11.8. The van der Waals surface area contributed by atoms with E-state index in [1.165, 1.54) is 54.4 Å². The average Bonchev–Trinajstić information content (AvgIpc) is 4.37. The van der Waals surface area contributed by atoms with Crippen LogP contribution in [0.3, 0.4) is 0 Å². The first-order valence-electron chi connectivity index (χ1n) is 26.3. The Morgan fingerprint density at radius 1 is 0.253 bits per heavy atom. The van der Waals surface area contributed by atoms with Crippen LogP contribution >= 0.6 is 0 Å². The quantitative estimate of drug-likeness (QED) is 0.152. The molecular weight excluding hydrogens is 963 g/mol. The molecule has 0 radical (unpaired) electrons. The summed E-state index contributed by atoms with van der Waals surface area (Å²) in [5.41, 5.74) is 19.8. The van der Waals surface area contributed by atoms with Crippen molar-refractivity contribution in [3.8, 4) is 85.4 Å². The Balaban J connectivity index is 0.781. The summed E-state index contributed by atoms with van der Waals surface area (Å²) in [6.07, 6.45) is 0. The summed E-state index contributed by atoms with van der Waals surface area (Å²) in [5.74, 6) is 0.505. The van der Waals surface area contributed by atoms with E-state index >= 15 is 0 Å². The molecular formula is C72H43N7. The lowest BCUT2D eigenvalue weighted by atomic mass is 9.98. The van der Waals surface area contributed by atoms with Crippen LogP contribution < -0.4 is 0 Å². The molecule has 15 aromatic rings. The molecule has 4 aromatic heterocycles. The number of nitrogens with zero attached hydrogens (tertiary/aromatic N) is 7. The Morgan fingerprint density at radius 3 is 1.04 bits per heavy atom. The fraction of sp³-hybridized carbons (Fsp3) is 0. The summed E-state index contributed by atoms with van der Waals surface area (Å²) >= 11 is 0. The van der Waals surface area contributed by atoms with Crippen LogP contribution in [0.25, 0.3) is 139 Å². The molecule has 79 heavy (non-hydrogen) atoms. The van der Waals surface area contributed by atoms with Crippen LogP contribution in [0.4, 0.5) is 0 Å². The fourth-order valence-electron chi connectivity index (χ4n) is 11.8. The van der Waals surface area contributed by atoms with E-state index in [1.54, 1.807) is 18.2 Å². The first kappa shape index (κ1) is 45.3. The van der Waals surface area contributed by atoms with Gasteiger partial charge in [-0.25, -0.2) is 9.97 Å². The van der Waals surface area contributed by atoms with Gasteiger partial charge in [0.15, 0.2) is 5.82 Å². The van der Waals surface area contributed by atoms with E-state index in [0.717, 1.165) is 72.7 Å². The van der Waals surface area contributed by atoms with Crippen molar-refractivity contribution >= 4 is 65.4 Å². The molecule has 0 saturated heterocycles. The van der Waals surface area contributed by atoms with E-state index in [0.29, 0.717) is 22.6 Å². The van der Waals surface area contributed by atoms with E-state index in [4.69, 9.17) is 9.97 Å². The highest BCUT2D eigenvalue weighted by Gasteiger charge is 2.20. The zero-order valence-corrected chi connectivity index (χ0v) is 42.5. The number of hydrogen-bond acceptors (Lipinski definition) is 4. The molecule has 0 saturated carbocycles. The molecule has 11 aromatic carbocycles. The van der Waals surface area contributed by atoms with Crippen LogP contribution in [0.2, 0.25) is 0 Å². The lowest BCUT2D eigenvalue weighted by Crippen LogP contribution is -1.96. The highest BCUT2D eigenvalue weighted by atomic mass is 15.0. The number of para-hydroxylation sites is 4. The van der Waals surface area contributed by atoms with Gasteiger partial charge in [-0.2, -0.15) is 10.5 Å². The Morgan fingerprint density at radius 2 is 0.595 bits per heavy atom. The maximum Gasteiger partial charge on any atom is 0.160 e. The van der Waals surface area contributed by atoms with Crippen LogP contribution in [0, 0.1) is 22.7 Å². The van der Waals surface area contributed by atoms with Gasteiger partial charge in [0, 0.05) is 66.1 Å². The van der Waals surface area contributed by atoms with Gasteiger partial charge in [-0.05, 0) is 125 Å². The number of benzene rings is 11. The maximum absolute atomic E-state index is 9.65. The number of nitriles is 2. The van der Waals surface area contributed by atoms with Gasteiger partial charge in [-0.1, -0.05) is 158 Å². The van der Waals surface area contributed by atoms with Crippen molar-refractivity contribution in [1.82, 2.24) is 23.7 Å². The van der Waals surface area contributed by atoms with Crippen molar-refractivity contribution in [1.29, 1.82) is 10.5 Å². The van der Waals surface area contributed by atoms with Crippen LogP contribution in [0.1, 0.15) is 11.1 Å². The molecule has 4 heterocycles. The third-order valence-electron chi connectivity index (χ3n) is 15.5. The molecule has 0 amide bonds. The second kappa shape index (κ2) is 18.3. The molecule has 0 fully saturated rings. The zero-order valence-electron chi connectivity index (χ0n) is 42.5. The van der Waals surface area contributed by atoms with Crippen LogP contribution in [-0.2, 0) is 0 Å². The molecule has 366 valence electrons. The smallest absolute Gasteiger partial charge is 0.160 e. The SMILES string of the molecule is N#Cc1cccc(-c2cc(-c3ccc(-c4ccc(-c5ccc(-n6c7ccc(-n8c9ccccc9c9ccccc98)cc7c7cc(-n8c9ccccc9c9ccccc98)ccc76)cc5)cc4)cc3)nc(-c3cccc(C#N)c3)n2)c1. The molecule has 0 bridgehead atoms. The average molecular weight is 1010 g/mol. The minimum absolute atomic E-state index is 0.505. The van der Waals surface area contributed by atoms with Gasteiger partial charge in [0.1, 0.15) is 0 Å². The number of fused-ring (bicyclic) bond motifs is 9. The first-order chi connectivity index (χ1) is 39.0. The van der Waals surface area contributed by atoms with Gasteiger partial charge < -0.3 is 13.7 Å². The second-order valence-corrected chi connectivity index (χ2v) is 20.0. The number of aromatic nitrogens is 5. The van der Waals surface area contributed by atoms with E-state index in [2.05, 4.69) is 232 Å². The molecule has 0 spiro atoms. The lowest BCUT2D eigenvalue weighted by molar-refractivity contribution is 1.16. The Hall–Kier alpha value is -11.1. The molecule has 15 rings (SSSR count). The highest BCUT2D eigenvalue weighted by molar-refractivity contribution is 6.14. The molecule has 7 heteroatoms. The van der Waals surface area contributed by atoms with Gasteiger partial charge in [-0.15, -0.1) is 0 Å². The summed E-state index contributed by atoms with van der Waals surface area (Å²) in [7, 11) is 0. The first-order valence-corrected chi connectivity index (χ1v) is 26.3. The predicted molar refractivity (Wildman–Crippen MR) is 322 cm³/mol. The van der Waals surface area contributed by atoms with Gasteiger partial charge in [-0.3, -0.25) is 0 Å². The highest BCUT2D eigenvalue weighted by Crippen LogP contribution is 2.40. The van der Waals surface area contributed by atoms with Crippen LogP contribution in [0.15, 0.2) is 261 Å². The molecule has 0 aliphatic carbocycles. The zero-order chi connectivity index (χ0) is 52.6. The van der Waals surface area contributed by atoms with Gasteiger partial charge in [0.05, 0.1) is 67.8 Å². The van der Waals surface area contributed by atoms with Gasteiger partial charge in [0.25, 0.3) is 0 Å². The normalized spacial score (nSPS) is 11.5. The maximum atomic E-state index is 9.65. The topological polar surface area (TPSA) is 88.1 Å². The minimum Gasteiger partial charge on any atom is -0.309 e. The second-order valence-electron chi connectivity index (χ2n) is 20.0. The summed E-state index contributed by atoms with van der Waals surface area (Å²) < 4.78 is 7.22. The van der Waals surface area contributed by atoms with E-state index < -0.39 is 0 Å². The van der Waals surface area contributed by atoms with Crippen molar-refractivity contribution < 1.29 is 0 Å². The van der Waals surface area contributed by atoms with Crippen molar-refractivity contribution in [2.45, 2.75) is 0 Å². The predicted octanol–water partition coefficient (Wildman–Crippen LogP) is 17.8. The molecule has 0 aliphatic rings. The van der Waals surface area contributed by atoms with Crippen LogP contribution in [0.5, 0.6) is 0 Å². The summed E-state index contributed by atoms with van der Waals surface area (Å²) in [5, 5.41) is 26.6. The third kappa shape index (κ3) is 7.57. The van der Waals surface area contributed by atoms with E-state index in [-0.39, 0.29) is 0 Å². The third-order valence-corrected chi connectivity index (χ3v) is 15.5. The summed E-state index contributed by atoms with van der Waals surface area (Å²) in [6, 6.07) is 96.0. The Labute approximate surface area is 454 Å². The van der Waals surface area contributed by atoms with E-state index in [9.17, 15) is 10.5 Å². The summed E-state index contributed by atoms with van der Waals surface area (Å²) in [6.45, 7) is 0. The van der Waals surface area contributed by atoms with Gasteiger partial charge in [0.2, 0.25) is 0 Å².